The number of hydrogen-bond donors (Lipinski definition) is 2. The fourth-order valence-electron chi connectivity index (χ4n) is 2.63. The topological polar surface area (TPSA) is 87.5 Å². The predicted molar refractivity (Wildman–Crippen MR) is 68.9 cm³/mol. The number of amides is 1. The fourth-order valence-corrected chi connectivity index (χ4v) is 2.63. The summed E-state index contributed by atoms with van der Waals surface area (Å²) >= 11 is 0. The Balaban J connectivity index is 2.04. The molecule has 2 aliphatic heterocycles. The SMILES string of the molecule is O=C1NCc2cc([N+](=O)[O-])ccc2N2CCNCC12. The minimum atomic E-state index is -0.414. The average molecular weight is 262 g/mol. The van der Waals surface area contributed by atoms with E-state index in [-0.39, 0.29) is 17.6 Å². The molecule has 1 fully saturated rings. The third-order valence-electron chi connectivity index (χ3n) is 3.58. The van der Waals surface area contributed by atoms with E-state index in [4.69, 9.17) is 0 Å². The molecule has 0 saturated carbocycles. The van der Waals surface area contributed by atoms with Crippen LogP contribution in [-0.4, -0.2) is 36.5 Å². The minimum absolute atomic E-state index is 0.0361. The molecule has 7 heteroatoms. The second-order valence-electron chi connectivity index (χ2n) is 4.70. The first-order valence-corrected chi connectivity index (χ1v) is 6.19. The summed E-state index contributed by atoms with van der Waals surface area (Å²) in [5.41, 5.74) is 1.77. The van der Waals surface area contributed by atoms with Crippen LogP contribution in [0, 0.1) is 10.1 Å². The Labute approximate surface area is 109 Å². The van der Waals surface area contributed by atoms with E-state index in [0.717, 1.165) is 24.3 Å². The number of nitro benzene ring substituents is 1. The van der Waals surface area contributed by atoms with E-state index in [0.29, 0.717) is 13.1 Å². The highest BCUT2D eigenvalue weighted by Gasteiger charge is 2.32. The van der Waals surface area contributed by atoms with E-state index in [1.165, 1.54) is 6.07 Å². The predicted octanol–water partition coefficient (Wildman–Crippen LogP) is 0.00280. The molecule has 0 bridgehead atoms. The molecule has 2 aliphatic rings. The molecule has 0 aliphatic carbocycles. The van der Waals surface area contributed by atoms with Gasteiger partial charge in [0.2, 0.25) is 5.91 Å². The number of anilines is 1. The quantitative estimate of drug-likeness (QED) is 0.549. The number of non-ortho nitro benzene ring substituents is 1. The normalized spacial score (nSPS) is 22.0. The zero-order valence-corrected chi connectivity index (χ0v) is 10.3. The average Bonchev–Trinajstić information content (AvgIpc) is 2.57. The van der Waals surface area contributed by atoms with Gasteiger partial charge in [0.25, 0.3) is 5.69 Å². The largest absolute Gasteiger partial charge is 0.357 e. The van der Waals surface area contributed by atoms with Gasteiger partial charge in [0.15, 0.2) is 0 Å². The number of benzene rings is 1. The van der Waals surface area contributed by atoms with Gasteiger partial charge in [-0.2, -0.15) is 0 Å². The van der Waals surface area contributed by atoms with Crippen LogP contribution in [0.25, 0.3) is 0 Å². The van der Waals surface area contributed by atoms with Crippen molar-refractivity contribution in [1.29, 1.82) is 0 Å². The number of hydrogen-bond acceptors (Lipinski definition) is 5. The second kappa shape index (κ2) is 4.51. The van der Waals surface area contributed by atoms with E-state index in [1.54, 1.807) is 12.1 Å². The van der Waals surface area contributed by atoms with Gasteiger partial charge in [0, 0.05) is 49.6 Å². The summed E-state index contributed by atoms with van der Waals surface area (Å²) in [6, 6.07) is 4.54. The lowest BCUT2D eigenvalue weighted by Crippen LogP contribution is -2.56. The monoisotopic (exact) mass is 262 g/mol. The molecule has 7 nitrogen and oxygen atoms in total. The molecule has 2 N–H and O–H groups in total. The van der Waals surface area contributed by atoms with Crippen molar-refractivity contribution in [3.05, 3.63) is 33.9 Å². The van der Waals surface area contributed by atoms with Gasteiger partial charge in [-0.15, -0.1) is 0 Å². The molecule has 19 heavy (non-hydrogen) atoms. The molecule has 0 radical (unpaired) electrons. The summed E-state index contributed by atoms with van der Waals surface area (Å²) in [6.45, 7) is 2.47. The van der Waals surface area contributed by atoms with Crippen LogP contribution in [0.3, 0.4) is 0 Å². The summed E-state index contributed by atoms with van der Waals surface area (Å²) in [5.74, 6) is -0.0361. The highest BCUT2D eigenvalue weighted by Crippen LogP contribution is 2.29. The van der Waals surface area contributed by atoms with Gasteiger partial charge in [0.05, 0.1) is 4.92 Å². The summed E-state index contributed by atoms with van der Waals surface area (Å²) in [5, 5.41) is 16.8. The number of carbonyl (C=O) groups excluding carboxylic acids is 1. The Bertz CT molecular complexity index is 546. The van der Waals surface area contributed by atoms with Gasteiger partial charge >= 0.3 is 0 Å². The third kappa shape index (κ3) is 2.01. The molecule has 1 aromatic carbocycles. The van der Waals surface area contributed by atoms with Gasteiger partial charge in [-0.05, 0) is 6.07 Å². The molecule has 1 amide bonds. The van der Waals surface area contributed by atoms with E-state index in [2.05, 4.69) is 10.6 Å². The highest BCUT2D eigenvalue weighted by molar-refractivity contribution is 5.87. The molecule has 2 heterocycles. The molecule has 1 unspecified atom stereocenters. The minimum Gasteiger partial charge on any atom is -0.357 e. The lowest BCUT2D eigenvalue weighted by molar-refractivity contribution is -0.384. The van der Waals surface area contributed by atoms with Crippen LogP contribution >= 0.6 is 0 Å². The molecular formula is C12H14N4O3. The molecule has 100 valence electrons. The standard InChI is InChI=1S/C12H14N4O3/c17-12-11-7-13-3-4-15(11)10-2-1-9(16(18)19)5-8(10)6-14-12/h1-2,5,11,13H,3-4,6-7H2,(H,14,17). The summed E-state index contributed by atoms with van der Waals surface area (Å²) in [6.07, 6.45) is 0. The zero-order valence-electron chi connectivity index (χ0n) is 10.3. The van der Waals surface area contributed by atoms with Crippen LogP contribution in [0.5, 0.6) is 0 Å². The number of fused-ring (bicyclic) bond motifs is 3. The Hall–Kier alpha value is -2.15. The van der Waals surface area contributed by atoms with Crippen molar-refractivity contribution in [2.75, 3.05) is 24.5 Å². The molecule has 3 rings (SSSR count). The lowest BCUT2D eigenvalue weighted by atomic mass is 10.1. The summed E-state index contributed by atoms with van der Waals surface area (Å²) in [4.78, 5) is 24.4. The van der Waals surface area contributed by atoms with Gasteiger partial charge < -0.3 is 15.5 Å². The van der Waals surface area contributed by atoms with Crippen molar-refractivity contribution in [2.45, 2.75) is 12.6 Å². The molecular weight excluding hydrogens is 248 g/mol. The van der Waals surface area contributed by atoms with Crippen molar-refractivity contribution in [2.24, 2.45) is 0 Å². The van der Waals surface area contributed by atoms with Crippen molar-refractivity contribution < 1.29 is 9.72 Å². The molecule has 0 spiro atoms. The summed E-state index contributed by atoms with van der Waals surface area (Å²) < 4.78 is 0. The third-order valence-corrected chi connectivity index (χ3v) is 3.58. The maximum atomic E-state index is 12.0. The van der Waals surface area contributed by atoms with E-state index in [1.807, 2.05) is 4.90 Å². The van der Waals surface area contributed by atoms with Crippen molar-refractivity contribution >= 4 is 17.3 Å². The molecule has 1 aromatic rings. The van der Waals surface area contributed by atoms with Crippen LogP contribution in [0.1, 0.15) is 5.56 Å². The highest BCUT2D eigenvalue weighted by atomic mass is 16.6. The number of carbonyl (C=O) groups is 1. The number of rotatable bonds is 1. The number of nitrogens with zero attached hydrogens (tertiary/aromatic N) is 2. The maximum Gasteiger partial charge on any atom is 0.269 e. The van der Waals surface area contributed by atoms with Crippen LogP contribution in [0.2, 0.25) is 0 Å². The van der Waals surface area contributed by atoms with Gasteiger partial charge in [-0.1, -0.05) is 0 Å². The smallest absolute Gasteiger partial charge is 0.269 e. The van der Waals surface area contributed by atoms with Crippen LogP contribution < -0.4 is 15.5 Å². The first-order valence-electron chi connectivity index (χ1n) is 6.19. The van der Waals surface area contributed by atoms with Crippen molar-refractivity contribution in [3.8, 4) is 0 Å². The van der Waals surface area contributed by atoms with Crippen LogP contribution in [-0.2, 0) is 11.3 Å². The first kappa shape index (κ1) is 11.9. The Morgan fingerprint density at radius 2 is 2.26 bits per heavy atom. The Morgan fingerprint density at radius 1 is 1.42 bits per heavy atom. The van der Waals surface area contributed by atoms with Crippen molar-refractivity contribution in [1.82, 2.24) is 10.6 Å². The van der Waals surface area contributed by atoms with E-state index >= 15 is 0 Å². The maximum absolute atomic E-state index is 12.0. The van der Waals surface area contributed by atoms with Gasteiger partial charge in [0.1, 0.15) is 6.04 Å². The first-order chi connectivity index (χ1) is 9.16. The molecule has 1 saturated heterocycles. The Morgan fingerprint density at radius 3 is 3.05 bits per heavy atom. The van der Waals surface area contributed by atoms with Crippen molar-refractivity contribution in [3.63, 3.8) is 0 Å². The summed E-state index contributed by atoms with van der Waals surface area (Å²) in [7, 11) is 0. The van der Waals surface area contributed by atoms with Crippen LogP contribution in [0.15, 0.2) is 18.2 Å². The van der Waals surface area contributed by atoms with Gasteiger partial charge in [-0.3, -0.25) is 14.9 Å². The van der Waals surface area contributed by atoms with Crippen LogP contribution in [0.4, 0.5) is 11.4 Å². The van der Waals surface area contributed by atoms with Gasteiger partial charge in [-0.25, -0.2) is 0 Å². The molecule has 0 aromatic heterocycles. The number of nitro groups is 1. The van der Waals surface area contributed by atoms with E-state index in [9.17, 15) is 14.9 Å². The van der Waals surface area contributed by atoms with E-state index < -0.39 is 4.92 Å². The fraction of sp³-hybridized carbons (Fsp3) is 0.417. The number of nitrogens with one attached hydrogen (secondary N) is 2. The second-order valence-corrected chi connectivity index (χ2v) is 4.70. The molecule has 1 atom stereocenters. The zero-order chi connectivity index (χ0) is 13.4. The lowest BCUT2D eigenvalue weighted by Gasteiger charge is -2.35. The Kier molecular flexibility index (Phi) is 2.83. The number of piperazine rings is 1.